The molecule has 0 saturated heterocycles. The predicted molar refractivity (Wildman–Crippen MR) is 460 cm³/mol. The SMILES string of the molecule is c1ccc(-c2ccc3c(c2)B2c4ccc(-c5ccc6cccc7c8cccc9cccc(c5c67)c98)cc4N(c4c(-c5ccccc5)cc(-c5ccccc5)cc4-c4ccccc4)c4cc(-n5c6ccccc6c6ccccc65)cc(c42)N3c2c(-c3ccccc3)cc(-c3ccccc3)cc2-c2ccccc2)cc1. The summed E-state index contributed by atoms with van der Waals surface area (Å²) in [5, 5.41) is 12.5. The lowest BCUT2D eigenvalue weighted by atomic mass is 9.33. The van der Waals surface area contributed by atoms with Gasteiger partial charge < -0.3 is 14.4 Å². The van der Waals surface area contributed by atoms with Gasteiger partial charge in [-0.15, -0.1) is 0 Å². The standard InChI is InChI=1S/C104H66BN3/c1-8-29-67(30-9-1)76-55-58-95-92(63-76)105-91-57-54-77(81-56-53-75-45-27-49-85-84-48-26-43-74-44-28-50-86(99(74)84)101(81)100(75)85)64-96(91)108(104-89(72-39-18-6-19-40-72)61-79(69-33-12-3-13-34-69)62-90(104)73-41-20-7-21-42-73)98-66-80(106-93-51-24-22-46-82(93)83-47-23-25-52-94(83)106)65-97(102(98)105)107(95)103-87(70-35-14-4-15-36-70)59-78(68-31-10-2-11-32-68)60-88(103)71-37-16-5-17-38-71/h1-66H. The Kier molecular flexibility index (Phi) is 14.1. The van der Waals surface area contributed by atoms with Gasteiger partial charge in [-0.05, 0) is 187 Å². The Morgan fingerprint density at radius 2 is 0.583 bits per heavy atom. The third kappa shape index (κ3) is 9.63. The van der Waals surface area contributed by atoms with Gasteiger partial charge in [0.05, 0.1) is 28.1 Å². The lowest BCUT2D eigenvalue weighted by Crippen LogP contribution is -2.61. The number of aromatic nitrogens is 1. The lowest BCUT2D eigenvalue weighted by molar-refractivity contribution is 1.16. The summed E-state index contributed by atoms with van der Waals surface area (Å²) in [5.41, 5.74) is 31.7. The first kappa shape index (κ1) is 61.4. The zero-order valence-corrected chi connectivity index (χ0v) is 59.0. The fourth-order valence-corrected chi connectivity index (χ4v) is 18.4. The maximum atomic E-state index is 2.73. The molecule has 500 valence electrons. The van der Waals surface area contributed by atoms with Gasteiger partial charge in [0, 0.05) is 55.8 Å². The van der Waals surface area contributed by atoms with Crippen molar-refractivity contribution in [2.75, 3.05) is 9.80 Å². The molecule has 0 atom stereocenters. The van der Waals surface area contributed by atoms with Crippen molar-refractivity contribution in [2.45, 2.75) is 0 Å². The minimum Gasteiger partial charge on any atom is -0.310 e. The summed E-state index contributed by atoms with van der Waals surface area (Å²) >= 11 is 0. The van der Waals surface area contributed by atoms with Gasteiger partial charge in [0.2, 0.25) is 0 Å². The van der Waals surface area contributed by atoms with E-state index in [4.69, 9.17) is 0 Å². The molecule has 2 aliphatic heterocycles. The van der Waals surface area contributed by atoms with Gasteiger partial charge in [-0.3, -0.25) is 0 Å². The van der Waals surface area contributed by atoms with Gasteiger partial charge in [-0.1, -0.05) is 340 Å². The third-order valence-electron chi connectivity index (χ3n) is 23.0. The quantitative estimate of drug-likeness (QED) is 0.0726. The highest BCUT2D eigenvalue weighted by molar-refractivity contribution is 7.00. The second-order valence-electron chi connectivity index (χ2n) is 28.9. The molecule has 3 heterocycles. The van der Waals surface area contributed by atoms with Crippen LogP contribution in [-0.4, -0.2) is 11.3 Å². The highest BCUT2D eigenvalue weighted by atomic mass is 15.2. The van der Waals surface area contributed by atoms with Crippen LogP contribution in [0, 0.1) is 0 Å². The second kappa shape index (κ2) is 24.8. The van der Waals surface area contributed by atoms with Crippen LogP contribution in [0.25, 0.3) is 160 Å². The van der Waals surface area contributed by atoms with Crippen molar-refractivity contribution < 1.29 is 0 Å². The van der Waals surface area contributed by atoms with Gasteiger partial charge in [0.25, 0.3) is 6.71 Å². The summed E-state index contributed by atoms with van der Waals surface area (Å²) in [6, 6.07) is 151. The molecule has 108 heavy (non-hydrogen) atoms. The Morgan fingerprint density at radius 1 is 0.194 bits per heavy atom. The van der Waals surface area contributed by atoms with Crippen LogP contribution < -0.4 is 26.2 Å². The summed E-state index contributed by atoms with van der Waals surface area (Å²) in [6.45, 7) is -0.299. The number of anilines is 6. The normalized spacial score (nSPS) is 12.4. The molecule has 0 radical (unpaired) electrons. The van der Waals surface area contributed by atoms with Crippen molar-refractivity contribution >= 4 is 122 Å². The van der Waals surface area contributed by atoms with Crippen LogP contribution in [0.5, 0.6) is 0 Å². The fourth-order valence-electron chi connectivity index (χ4n) is 18.4. The Bertz CT molecular complexity index is 6780. The topological polar surface area (TPSA) is 11.4 Å². The van der Waals surface area contributed by atoms with E-state index >= 15 is 0 Å². The minimum atomic E-state index is -0.299. The molecule has 3 nitrogen and oxygen atoms in total. The molecule has 0 amide bonds. The van der Waals surface area contributed by atoms with Crippen LogP contribution in [0.1, 0.15) is 0 Å². The van der Waals surface area contributed by atoms with E-state index < -0.39 is 0 Å². The molecular formula is C104H66BN3. The number of rotatable bonds is 11. The van der Waals surface area contributed by atoms with E-state index in [9.17, 15) is 0 Å². The second-order valence-corrected chi connectivity index (χ2v) is 28.9. The van der Waals surface area contributed by atoms with Crippen molar-refractivity contribution in [3.8, 4) is 94.7 Å². The number of hydrogen-bond donors (Lipinski definition) is 0. The van der Waals surface area contributed by atoms with Crippen molar-refractivity contribution in [1.29, 1.82) is 0 Å². The third-order valence-corrected chi connectivity index (χ3v) is 23.0. The Balaban J connectivity index is 0.944. The minimum absolute atomic E-state index is 0.299. The van der Waals surface area contributed by atoms with E-state index in [2.05, 4.69) is 415 Å². The number of para-hydroxylation sites is 2. The highest BCUT2D eigenvalue weighted by Crippen LogP contribution is 2.56. The number of hydrogen-bond acceptors (Lipinski definition) is 2. The average Bonchev–Trinajstić information content (AvgIpc) is 0.812. The molecule has 0 bridgehead atoms. The highest BCUT2D eigenvalue weighted by Gasteiger charge is 2.46. The van der Waals surface area contributed by atoms with E-state index in [1.54, 1.807) is 0 Å². The van der Waals surface area contributed by atoms with Crippen LogP contribution in [0.15, 0.2) is 400 Å². The molecule has 1 aromatic heterocycles. The maximum absolute atomic E-state index is 2.73. The monoisotopic (exact) mass is 1370 g/mol. The summed E-state index contributed by atoms with van der Waals surface area (Å²) < 4.78 is 2.55. The van der Waals surface area contributed by atoms with Gasteiger partial charge in [-0.25, -0.2) is 0 Å². The average molecular weight is 1370 g/mol. The largest absolute Gasteiger partial charge is 0.310 e. The van der Waals surface area contributed by atoms with Crippen LogP contribution in [0.4, 0.5) is 34.1 Å². The number of nitrogens with zero attached hydrogens (tertiary/aromatic N) is 3. The molecule has 0 N–H and O–H groups in total. The first-order valence-electron chi connectivity index (χ1n) is 37.5. The molecule has 20 aromatic rings. The zero-order chi connectivity index (χ0) is 70.9. The fraction of sp³-hybridized carbons (Fsp3) is 0. The lowest BCUT2D eigenvalue weighted by Gasteiger charge is -2.46. The molecule has 22 rings (SSSR count). The molecule has 4 heteroatoms. The van der Waals surface area contributed by atoms with Crippen LogP contribution in [0.3, 0.4) is 0 Å². The smallest absolute Gasteiger partial charge is 0.252 e. The molecule has 2 aliphatic rings. The summed E-state index contributed by atoms with van der Waals surface area (Å²) in [6.07, 6.45) is 0. The molecule has 0 saturated carbocycles. The molecule has 0 unspecified atom stereocenters. The summed E-state index contributed by atoms with van der Waals surface area (Å²) in [7, 11) is 0. The van der Waals surface area contributed by atoms with Crippen molar-refractivity contribution in [2.24, 2.45) is 0 Å². The zero-order valence-electron chi connectivity index (χ0n) is 59.0. The summed E-state index contributed by atoms with van der Waals surface area (Å²) in [4.78, 5) is 5.43. The Labute approximate surface area is 627 Å². The van der Waals surface area contributed by atoms with Crippen molar-refractivity contribution in [3.05, 3.63) is 400 Å². The van der Waals surface area contributed by atoms with Gasteiger partial charge in [-0.2, -0.15) is 0 Å². The van der Waals surface area contributed by atoms with Gasteiger partial charge >= 0.3 is 0 Å². The Morgan fingerprint density at radius 3 is 1.06 bits per heavy atom. The number of benzene rings is 19. The number of fused-ring (bicyclic) bond motifs is 9. The molecule has 19 aromatic carbocycles. The van der Waals surface area contributed by atoms with Gasteiger partial charge in [0.1, 0.15) is 0 Å². The van der Waals surface area contributed by atoms with Crippen molar-refractivity contribution in [1.82, 2.24) is 4.57 Å². The molecule has 0 spiro atoms. The van der Waals surface area contributed by atoms with Crippen LogP contribution in [-0.2, 0) is 0 Å². The molecule has 0 aliphatic carbocycles. The molecular weight excluding hydrogens is 1300 g/mol. The molecule has 0 fully saturated rings. The summed E-state index contributed by atoms with van der Waals surface area (Å²) in [5.74, 6) is 0. The first-order chi connectivity index (χ1) is 53.6. The maximum Gasteiger partial charge on any atom is 0.252 e. The predicted octanol–water partition coefficient (Wildman–Crippen LogP) is 26.3. The van der Waals surface area contributed by atoms with E-state index in [0.29, 0.717) is 0 Å². The van der Waals surface area contributed by atoms with E-state index in [0.717, 1.165) is 134 Å². The van der Waals surface area contributed by atoms with E-state index in [1.807, 2.05) is 0 Å². The first-order valence-corrected chi connectivity index (χ1v) is 37.5. The van der Waals surface area contributed by atoms with Crippen LogP contribution in [0.2, 0.25) is 0 Å². The van der Waals surface area contributed by atoms with Gasteiger partial charge in [0.15, 0.2) is 0 Å². The van der Waals surface area contributed by atoms with Crippen molar-refractivity contribution in [3.63, 3.8) is 0 Å². The van der Waals surface area contributed by atoms with E-state index in [1.165, 1.54) is 75.8 Å². The van der Waals surface area contributed by atoms with E-state index in [-0.39, 0.29) is 6.71 Å². The Hall–Kier alpha value is -14.1. The van der Waals surface area contributed by atoms with Crippen LogP contribution >= 0.6 is 0 Å².